The van der Waals surface area contributed by atoms with Gasteiger partial charge in [-0.1, -0.05) is 6.92 Å². The normalized spacial score (nSPS) is 15.5. The van der Waals surface area contributed by atoms with Crippen LogP contribution in [0.2, 0.25) is 0 Å². The van der Waals surface area contributed by atoms with Crippen molar-refractivity contribution in [2.75, 3.05) is 13.6 Å². The first-order valence-electron chi connectivity index (χ1n) is 3.69. The molecule has 0 bridgehead atoms. The fourth-order valence-electron chi connectivity index (χ4n) is 0.804. The van der Waals surface area contributed by atoms with Crippen molar-refractivity contribution >= 4 is 6.41 Å². The van der Waals surface area contributed by atoms with Gasteiger partial charge in [-0.05, 0) is 19.4 Å². The maximum atomic E-state index is 12.6. The quantitative estimate of drug-likeness (QED) is 0.435. The Hall–Kier alpha value is -0.640. The van der Waals surface area contributed by atoms with Gasteiger partial charge in [0.05, 0.1) is 0 Å². The van der Waals surface area contributed by atoms with Crippen LogP contribution in [0.25, 0.3) is 0 Å². The molecule has 0 aromatic heterocycles. The van der Waals surface area contributed by atoms with Gasteiger partial charge in [0.2, 0.25) is 6.41 Å². The highest BCUT2D eigenvalue weighted by Crippen LogP contribution is 2.04. The van der Waals surface area contributed by atoms with E-state index < -0.39 is 6.30 Å². The molecule has 0 saturated heterocycles. The second kappa shape index (κ2) is 6.09. The number of halogens is 1. The number of rotatable bonds is 6. The van der Waals surface area contributed by atoms with Gasteiger partial charge in [0.1, 0.15) is 0 Å². The van der Waals surface area contributed by atoms with Gasteiger partial charge in [-0.25, -0.2) is 4.39 Å². The van der Waals surface area contributed by atoms with Crippen LogP contribution in [0.15, 0.2) is 0 Å². The molecule has 3 nitrogen and oxygen atoms in total. The van der Waals surface area contributed by atoms with Crippen LogP contribution in [0.4, 0.5) is 4.39 Å². The Bertz CT molecular complexity index is 111. The van der Waals surface area contributed by atoms with Crippen LogP contribution in [0.5, 0.6) is 0 Å². The lowest BCUT2D eigenvalue weighted by atomic mass is 10.1. The number of carbonyl (C=O) groups excluding carboxylic acids is 1. The standard InChI is InChI=1S/C7H15FN2O/c1-6(4-10-5-11)3-7(8)9-2/h5-7,9H,3-4H2,1-2H3,(H,10,11). The highest BCUT2D eigenvalue weighted by molar-refractivity contribution is 5.45. The molecule has 0 aliphatic carbocycles. The van der Waals surface area contributed by atoms with Crippen LogP contribution < -0.4 is 10.6 Å². The predicted molar refractivity (Wildman–Crippen MR) is 41.8 cm³/mol. The Labute approximate surface area is 66.4 Å². The number of hydrogen-bond acceptors (Lipinski definition) is 2. The van der Waals surface area contributed by atoms with E-state index in [2.05, 4.69) is 10.6 Å². The van der Waals surface area contributed by atoms with E-state index in [0.717, 1.165) is 0 Å². The predicted octanol–water partition coefficient (Wildman–Crippen LogP) is 0.274. The van der Waals surface area contributed by atoms with Gasteiger partial charge in [-0.15, -0.1) is 0 Å². The van der Waals surface area contributed by atoms with Gasteiger partial charge in [0.25, 0.3) is 0 Å². The number of nitrogens with one attached hydrogen (secondary N) is 2. The third-order valence-electron chi connectivity index (χ3n) is 1.47. The molecule has 0 aliphatic rings. The minimum absolute atomic E-state index is 0.169. The lowest BCUT2D eigenvalue weighted by molar-refractivity contribution is -0.109. The Morgan fingerprint density at radius 2 is 2.27 bits per heavy atom. The van der Waals surface area contributed by atoms with Crippen LogP contribution in [-0.2, 0) is 4.79 Å². The zero-order valence-corrected chi connectivity index (χ0v) is 6.93. The molecule has 4 heteroatoms. The highest BCUT2D eigenvalue weighted by atomic mass is 19.1. The fourth-order valence-corrected chi connectivity index (χ4v) is 0.804. The van der Waals surface area contributed by atoms with Crippen molar-refractivity contribution in [3.63, 3.8) is 0 Å². The molecule has 2 unspecified atom stereocenters. The highest BCUT2D eigenvalue weighted by Gasteiger charge is 2.08. The molecule has 0 rings (SSSR count). The molecule has 11 heavy (non-hydrogen) atoms. The van der Waals surface area contributed by atoms with Crippen molar-refractivity contribution in [1.82, 2.24) is 10.6 Å². The molecule has 2 N–H and O–H groups in total. The van der Waals surface area contributed by atoms with Crippen molar-refractivity contribution in [1.29, 1.82) is 0 Å². The number of hydrogen-bond donors (Lipinski definition) is 2. The molecule has 0 fully saturated rings. The maximum absolute atomic E-state index is 12.6. The largest absolute Gasteiger partial charge is 0.358 e. The third kappa shape index (κ3) is 5.79. The summed E-state index contributed by atoms with van der Waals surface area (Å²) in [6, 6.07) is 0. The first kappa shape index (κ1) is 10.4. The van der Waals surface area contributed by atoms with Crippen LogP contribution in [-0.4, -0.2) is 26.3 Å². The molecule has 0 heterocycles. The molecule has 0 saturated carbocycles. The lowest BCUT2D eigenvalue weighted by Gasteiger charge is -2.12. The van der Waals surface area contributed by atoms with Crippen molar-refractivity contribution in [2.45, 2.75) is 19.6 Å². The number of alkyl halides is 1. The van der Waals surface area contributed by atoms with Gasteiger partial charge in [-0.2, -0.15) is 0 Å². The first-order valence-corrected chi connectivity index (χ1v) is 3.69. The monoisotopic (exact) mass is 162 g/mol. The topological polar surface area (TPSA) is 41.1 Å². The zero-order valence-electron chi connectivity index (χ0n) is 6.93. The van der Waals surface area contributed by atoms with Gasteiger partial charge in [0, 0.05) is 6.54 Å². The minimum Gasteiger partial charge on any atom is -0.358 e. The van der Waals surface area contributed by atoms with Crippen molar-refractivity contribution in [3.05, 3.63) is 0 Å². The van der Waals surface area contributed by atoms with E-state index in [1.807, 2.05) is 6.92 Å². The second-order valence-corrected chi connectivity index (χ2v) is 2.62. The Morgan fingerprint density at radius 1 is 1.64 bits per heavy atom. The first-order chi connectivity index (χ1) is 5.20. The molecule has 1 amide bonds. The van der Waals surface area contributed by atoms with Crippen molar-refractivity contribution in [3.8, 4) is 0 Å². The Morgan fingerprint density at radius 3 is 2.73 bits per heavy atom. The average molecular weight is 162 g/mol. The molecule has 0 spiro atoms. The van der Waals surface area contributed by atoms with Crippen LogP contribution in [0.1, 0.15) is 13.3 Å². The Kier molecular flexibility index (Phi) is 5.74. The van der Waals surface area contributed by atoms with Gasteiger partial charge >= 0.3 is 0 Å². The summed E-state index contributed by atoms with van der Waals surface area (Å²) >= 11 is 0. The van der Waals surface area contributed by atoms with Crippen LogP contribution in [0.3, 0.4) is 0 Å². The summed E-state index contributed by atoms with van der Waals surface area (Å²) in [6.07, 6.45) is 0.0823. The van der Waals surface area contributed by atoms with E-state index in [1.54, 1.807) is 7.05 Å². The molecular formula is C7H15FN2O. The average Bonchev–Trinajstić information content (AvgIpc) is 2.00. The summed E-state index contributed by atoms with van der Waals surface area (Å²) in [5, 5.41) is 4.99. The maximum Gasteiger partial charge on any atom is 0.207 e. The summed E-state index contributed by atoms with van der Waals surface area (Å²) in [5.41, 5.74) is 0. The summed E-state index contributed by atoms with van der Waals surface area (Å²) in [4.78, 5) is 9.84. The van der Waals surface area contributed by atoms with Crippen molar-refractivity contribution in [2.24, 2.45) is 5.92 Å². The molecular weight excluding hydrogens is 147 g/mol. The van der Waals surface area contributed by atoms with E-state index in [1.165, 1.54) is 0 Å². The summed E-state index contributed by atoms with van der Waals surface area (Å²) < 4.78 is 12.6. The van der Waals surface area contributed by atoms with E-state index in [-0.39, 0.29) is 5.92 Å². The van der Waals surface area contributed by atoms with E-state index in [0.29, 0.717) is 19.4 Å². The summed E-state index contributed by atoms with van der Waals surface area (Å²) in [6.45, 7) is 2.42. The molecule has 0 aromatic carbocycles. The van der Waals surface area contributed by atoms with Gasteiger partial charge in [-0.3, -0.25) is 10.1 Å². The van der Waals surface area contributed by atoms with Crippen LogP contribution in [0, 0.1) is 5.92 Å². The summed E-state index contributed by atoms with van der Waals surface area (Å²) in [5.74, 6) is 0.169. The molecule has 66 valence electrons. The van der Waals surface area contributed by atoms with E-state index in [4.69, 9.17) is 0 Å². The smallest absolute Gasteiger partial charge is 0.207 e. The second-order valence-electron chi connectivity index (χ2n) is 2.62. The van der Waals surface area contributed by atoms with Gasteiger partial charge < -0.3 is 5.32 Å². The van der Waals surface area contributed by atoms with E-state index in [9.17, 15) is 9.18 Å². The number of amides is 1. The fraction of sp³-hybridized carbons (Fsp3) is 0.857. The molecule has 2 atom stereocenters. The van der Waals surface area contributed by atoms with Crippen LogP contribution >= 0.6 is 0 Å². The summed E-state index contributed by atoms with van der Waals surface area (Å²) in [7, 11) is 1.57. The minimum atomic E-state index is -0.974. The molecule has 0 aromatic rings. The van der Waals surface area contributed by atoms with Crippen molar-refractivity contribution < 1.29 is 9.18 Å². The SMILES string of the molecule is CNC(F)CC(C)CNC=O. The van der Waals surface area contributed by atoms with E-state index >= 15 is 0 Å². The third-order valence-corrected chi connectivity index (χ3v) is 1.47. The molecule has 0 radical (unpaired) electrons. The van der Waals surface area contributed by atoms with Gasteiger partial charge in [0.15, 0.2) is 6.30 Å². The zero-order chi connectivity index (χ0) is 8.69. The number of carbonyl (C=O) groups is 1. The molecule has 0 aliphatic heterocycles. The Balaban J connectivity index is 3.34. The lowest BCUT2D eigenvalue weighted by Crippen LogP contribution is -2.27.